The molecule has 3 rings (SSSR count). The molecule has 0 bridgehead atoms. The van der Waals surface area contributed by atoms with Gasteiger partial charge in [0.15, 0.2) is 0 Å². The molecule has 0 aliphatic carbocycles. The minimum Gasteiger partial charge on any atom is -0.352 e. The monoisotopic (exact) mass is 359 g/mol. The summed E-state index contributed by atoms with van der Waals surface area (Å²) in [6, 6.07) is 7.37. The van der Waals surface area contributed by atoms with Gasteiger partial charge in [0.05, 0.1) is 0 Å². The Balaban J connectivity index is 1.48. The summed E-state index contributed by atoms with van der Waals surface area (Å²) >= 11 is 0. The lowest BCUT2D eigenvalue weighted by Gasteiger charge is -2.32. The lowest BCUT2D eigenvalue weighted by atomic mass is 10.1. The zero-order valence-corrected chi connectivity index (χ0v) is 14.8. The van der Waals surface area contributed by atoms with Crippen molar-refractivity contribution in [3.05, 3.63) is 41.9 Å². The summed E-state index contributed by atoms with van der Waals surface area (Å²) in [4.78, 5) is 28.4. The van der Waals surface area contributed by atoms with E-state index < -0.39 is 0 Å². The van der Waals surface area contributed by atoms with Gasteiger partial charge in [-0.2, -0.15) is 0 Å². The molecule has 0 unspecified atom stereocenters. The number of Topliss-reactive ketones (excluding diaryl/α,β-unsaturated/α-hetero) is 1. The Hall–Kier alpha value is -2.54. The molecule has 1 aromatic carbocycles. The fourth-order valence-electron chi connectivity index (χ4n) is 2.90. The Labute approximate surface area is 151 Å². The number of hydrogen-bond donors (Lipinski definition) is 0. The minimum atomic E-state index is -0.335. The summed E-state index contributed by atoms with van der Waals surface area (Å²) in [7, 11) is 2.04. The van der Waals surface area contributed by atoms with Crippen LogP contribution in [0.5, 0.6) is 0 Å². The Bertz CT molecular complexity index is 765. The summed E-state index contributed by atoms with van der Waals surface area (Å²) < 4.78 is 18.1. The molecule has 138 valence electrons. The minimum absolute atomic E-state index is 0.0930. The SMILES string of the molecule is CN1CCN(C(=O)CCCC(=O)c2cc(-c3ccc(F)cc3)no2)CC1. The van der Waals surface area contributed by atoms with Crippen molar-refractivity contribution in [1.29, 1.82) is 0 Å². The van der Waals surface area contributed by atoms with Crippen LogP contribution in [0.3, 0.4) is 0 Å². The van der Waals surface area contributed by atoms with Crippen LogP contribution in [0.2, 0.25) is 0 Å². The second kappa shape index (κ2) is 8.23. The summed E-state index contributed by atoms with van der Waals surface area (Å²) in [6.07, 6.45) is 1.07. The maximum atomic E-state index is 13.0. The molecule has 1 aliphatic rings. The molecule has 0 atom stereocenters. The second-order valence-electron chi connectivity index (χ2n) is 6.54. The predicted molar refractivity (Wildman–Crippen MR) is 94.2 cm³/mol. The van der Waals surface area contributed by atoms with E-state index in [-0.39, 0.29) is 29.7 Å². The number of rotatable bonds is 6. The van der Waals surface area contributed by atoms with Gasteiger partial charge in [-0.3, -0.25) is 9.59 Å². The first-order valence-electron chi connectivity index (χ1n) is 8.75. The number of carbonyl (C=O) groups excluding carboxylic acids is 2. The van der Waals surface area contributed by atoms with Crippen LogP contribution in [0, 0.1) is 5.82 Å². The molecule has 0 saturated carbocycles. The van der Waals surface area contributed by atoms with E-state index in [1.165, 1.54) is 12.1 Å². The smallest absolute Gasteiger partial charge is 0.222 e. The highest BCUT2D eigenvalue weighted by atomic mass is 19.1. The first kappa shape index (κ1) is 18.3. The first-order chi connectivity index (χ1) is 12.5. The number of halogens is 1. The molecule has 2 heterocycles. The van der Waals surface area contributed by atoms with Gasteiger partial charge in [-0.25, -0.2) is 4.39 Å². The summed E-state index contributed by atoms with van der Waals surface area (Å²) in [5, 5.41) is 3.86. The Morgan fingerprint density at radius 1 is 1.12 bits per heavy atom. The van der Waals surface area contributed by atoms with Crippen molar-refractivity contribution in [3.63, 3.8) is 0 Å². The third-order valence-corrected chi connectivity index (χ3v) is 4.58. The number of carbonyl (C=O) groups is 2. The van der Waals surface area contributed by atoms with Gasteiger partial charge in [0.2, 0.25) is 17.5 Å². The standard InChI is InChI=1S/C19H22FN3O3/c1-22-9-11-23(12-10-22)19(25)4-2-3-17(24)18-13-16(21-26-18)14-5-7-15(20)8-6-14/h5-8,13H,2-4,9-12H2,1H3. The fourth-order valence-corrected chi connectivity index (χ4v) is 2.90. The van der Waals surface area contributed by atoms with Crippen LogP contribution >= 0.6 is 0 Å². The van der Waals surface area contributed by atoms with Crippen LogP contribution in [0.15, 0.2) is 34.9 Å². The second-order valence-corrected chi connectivity index (χ2v) is 6.54. The van der Waals surface area contributed by atoms with Gasteiger partial charge in [0.1, 0.15) is 11.5 Å². The number of aromatic nitrogens is 1. The fraction of sp³-hybridized carbons (Fsp3) is 0.421. The largest absolute Gasteiger partial charge is 0.352 e. The number of nitrogens with zero attached hydrogens (tertiary/aromatic N) is 3. The van der Waals surface area contributed by atoms with Crippen LogP contribution in [0.25, 0.3) is 11.3 Å². The molecule has 6 nitrogen and oxygen atoms in total. The molecule has 1 fully saturated rings. The van der Waals surface area contributed by atoms with Crippen LogP contribution < -0.4 is 0 Å². The molecule has 2 aromatic rings. The van der Waals surface area contributed by atoms with Gasteiger partial charge in [-0.1, -0.05) is 5.16 Å². The van der Waals surface area contributed by atoms with E-state index in [1.54, 1.807) is 18.2 Å². The molecule has 26 heavy (non-hydrogen) atoms. The van der Waals surface area contributed by atoms with E-state index in [0.29, 0.717) is 24.1 Å². The maximum absolute atomic E-state index is 13.0. The van der Waals surface area contributed by atoms with E-state index in [1.807, 2.05) is 11.9 Å². The number of likely N-dealkylation sites (N-methyl/N-ethyl adjacent to an activating group) is 1. The highest BCUT2D eigenvalue weighted by Gasteiger charge is 2.20. The zero-order valence-electron chi connectivity index (χ0n) is 14.8. The van der Waals surface area contributed by atoms with Crippen molar-refractivity contribution in [2.45, 2.75) is 19.3 Å². The quantitative estimate of drug-likeness (QED) is 0.742. The molecular formula is C19H22FN3O3. The molecular weight excluding hydrogens is 337 g/mol. The Morgan fingerprint density at radius 3 is 2.50 bits per heavy atom. The normalized spacial score (nSPS) is 15.2. The molecule has 0 radical (unpaired) electrons. The topological polar surface area (TPSA) is 66.7 Å². The van der Waals surface area contributed by atoms with Crippen molar-refractivity contribution in [2.24, 2.45) is 0 Å². The van der Waals surface area contributed by atoms with E-state index in [0.717, 1.165) is 26.2 Å². The number of ketones is 1. The summed E-state index contributed by atoms with van der Waals surface area (Å²) in [5.41, 5.74) is 1.17. The van der Waals surface area contributed by atoms with Crippen molar-refractivity contribution >= 4 is 11.7 Å². The molecule has 7 heteroatoms. The van der Waals surface area contributed by atoms with Gasteiger partial charge in [-0.15, -0.1) is 0 Å². The number of amides is 1. The van der Waals surface area contributed by atoms with Crippen LogP contribution in [0.4, 0.5) is 4.39 Å². The van der Waals surface area contributed by atoms with E-state index in [9.17, 15) is 14.0 Å². The van der Waals surface area contributed by atoms with Crippen molar-refractivity contribution < 1.29 is 18.5 Å². The third-order valence-electron chi connectivity index (χ3n) is 4.58. The highest BCUT2D eigenvalue weighted by Crippen LogP contribution is 2.20. The third kappa shape index (κ3) is 4.54. The highest BCUT2D eigenvalue weighted by molar-refractivity contribution is 5.94. The average molecular weight is 359 g/mol. The summed E-state index contributed by atoms with van der Waals surface area (Å²) in [6.45, 7) is 3.25. The van der Waals surface area contributed by atoms with Gasteiger partial charge < -0.3 is 14.3 Å². The molecule has 1 amide bonds. The van der Waals surface area contributed by atoms with Crippen molar-refractivity contribution in [2.75, 3.05) is 33.2 Å². The van der Waals surface area contributed by atoms with Crippen LogP contribution in [0.1, 0.15) is 29.8 Å². The number of benzene rings is 1. The Kier molecular flexibility index (Phi) is 5.78. The molecule has 0 spiro atoms. The van der Waals surface area contributed by atoms with Crippen LogP contribution in [-0.4, -0.2) is 59.9 Å². The average Bonchev–Trinajstić information content (AvgIpc) is 3.13. The number of hydrogen-bond acceptors (Lipinski definition) is 5. The van der Waals surface area contributed by atoms with Gasteiger partial charge in [-0.05, 0) is 37.7 Å². The van der Waals surface area contributed by atoms with Crippen molar-refractivity contribution in [1.82, 2.24) is 15.0 Å². The van der Waals surface area contributed by atoms with Gasteiger partial charge >= 0.3 is 0 Å². The van der Waals surface area contributed by atoms with E-state index in [2.05, 4.69) is 10.1 Å². The zero-order chi connectivity index (χ0) is 18.5. The van der Waals surface area contributed by atoms with Gasteiger partial charge in [0.25, 0.3) is 0 Å². The lowest BCUT2D eigenvalue weighted by Crippen LogP contribution is -2.47. The lowest BCUT2D eigenvalue weighted by molar-refractivity contribution is -0.132. The molecule has 1 aliphatic heterocycles. The number of piperazine rings is 1. The van der Waals surface area contributed by atoms with E-state index >= 15 is 0 Å². The predicted octanol–water partition coefficient (Wildman–Crippen LogP) is 2.61. The molecule has 1 saturated heterocycles. The first-order valence-corrected chi connectivity index (χ1v) is 8.75. The van der Waals surface area contributed by atoms with Gasteiger partial charge in [0, 0.05) is 50.7 Å². The summed E-state index contributed by atoms with van der Waals surface area (Å²) in [5.74, 6) is -0.262. The van der Waals surface area contributed by atoms with E-state index in [4.69, 9.17) is 4.52 Å². The maximum Gasteiger partial charge on any atom is 0.222 e. The Morgan fingerprint density at radius 2 is 1.81 bits per heavy atom. The van der Waals surface area contributed by atoms with Crippen molar-refractivity contribution in [3.8, 4) is 11.3 Å². The molecule has 0 N–H and O–H groups in total. The van der Waals surface area contributed by atoms with Crippen LogP contribution in [-0.2, 0) is 4.79 Å². The molecule has 1 aromatic heterocycles.